The molecule has 2 aliphatic heterocycles. The molecule has 1 aromatic carbocycles. The van der Waals surface area contributed by atoms with Crippen LogP contribution in [0, 0.1) is 11.7 Å². The molecule has 0 spiro atoms. The second kappa shape index (κ2) is 7.88. The lowest BCUT2D eigenvalue weighted by Crippen LogP contribution is -2.36. The fourth-order valence-electron chi connectivity index (χ4n) is 3.54. The second-order valence-corrected chi connectivity index (χ2v) is 6.70. The minimum Gasteiger partial charge on any atom is -0.341 e. The average Bonchev–Trinajstić information content (AvgIpc) is 2.92. The third-order valence-corrected chi connectivity index (χ3v) is 4.86. The van der Waals surface area contributed by atoms with Crippen molar-refractivity contribution in [3.05, 3.63) is 35.6 Å². The maximum atomic E-state index is 13.3. The molecular weight excluding hydrogens is 293 g/mol. The molecule has 0 aliphatic carbocycles. The largest absolute Gasteiger partial charge is 0.341 e. The highest BCUT2D eigenvalue weighted by molar-refractivity contribution is 5.76. The summed E-state index contributed by atoms with van der Waals surface area (Å²) in [6, 6.07) is 6.79. The van der Waals surface area contributed by atoms with Crippen molar-refractivity contribution in [1.82, 2.24) is 15.1 Å². The summed E-state index contributed by atoms with van der Waals surface area (Å²) < 4.78 is 13.3. The topological polar surface area (TPSA) is 35.6 Å². The Balaban J connectivity index is 1.49. The summed E-state index contributed by atoms with van der Waals surface area (Å²) in [5.74, 6) is 0.625. The van der Waals surface area contributed by atoms with Crippen molar-refractivity contribution >= 4 is 5.91 Å². The van der Waals surface area contributed by atoms with Gasteiger partial charge in [-0.15, -0.1) is 0 Å². The van der Waals surface area contributed by atoms with Crippen LogP contribution < -0.4 is 5.32 Å². The minimum absolute atomic E-state index is 0.181. The van der Waals surface area contributed by atoms with Gasteiger partial charge in [-0.2, -0.15) is 0 Å². The number of nitrogens with zero attached hydrogens (tertiary/aromatic N) is 2. The zero-order valence-electron chi connectivity index (χ0n) is 13.6. The molecular formula is C18H26FN3O. The number of hydrogen-bond acceptors (Lipinski definition) is 3. The molecule has 2 fully saturated rings. The van der Waals surface area contributed by atoms with E-state index in [1.165, 1.54) is 6.07 Å². The van der Waals surface area contributed by atoms with Crippen LogP contribution in [0.3, 0.4) is 0 Å². The van der Waals surface area contributed by atoms with E-state index in [-0.39, 0.29) is 5.82 Å². The lowest BCUT2D eigenvalue weighted by Gasteiger charge is -2.23. The number of nitrogens with one attached hydrogen (secondary N) is 1. The lowest BCUT2D eigenvalue weighted by atomic mass is 10.0. The van der Waals surface area contributed by atoms with Crippen LogP contribution in [0.15, 0.2) is 24.3 Å². The number of amides is 1. The van der Waals surface area contributed by atoms with Crippen LogP contribution >= 0.6 is 0 Å². The molecule has 1 amide bonds. The monoisotopic (exact) mass is 319 g/mol. The highest BCUT2D eigenvalue weighted by Gasteiger charge is 2.23. The molecule has 0 unspecified atom stereocenters. The first-order valence-corrected chi connectivity index (χ1v) is 8.66. The molecule has 1 N–H and O–H groups in total. The molecule has 4 nitrogen and oxygen atoms in total. The molecule has 0 aromatic heterocycles. The van der Waals surface area contributed by atoms with Gasteiger partial charge in [0.1, 0.15) is 5.82 Å². The second-order valence-electron chi connectivity index (χ2n) is 6.70. The predicted molar refractivity (Wildman–Crippen MR) is 88.5 cm³/mol. The molecule has 1 atom stereocenters. The molecule has 5 heteroatoms. The van der Waals surface area contributed by atoms with Gasteiger partial charge in [-0.1, -0.05) is 12.1 Å². The highest BCUT2D eigenvalue weighted by atomic mass is 19.1. The highest BCUT2D eigenvalue weighted by Crippen LogP contribution is 2.16. The van der Waals surface area contributed by atoms with Crippen LogP contribution in [0.2, 0.25) is 0 Å². The van der Waals surface area contributed by atoms with Crippen molar-refractivity contribution in [3.63, 3.8) is 0 Å². The van der Waals surface area contributed by atoms with E-state index in [0.717, 1.165) is 64.2 Å². The van der Waals surface area contributed by atoms with Gasteiger partial charge >= 0.3 is 0 Å². The van der Waals surface area contributed by atoms with Gasteiger partial charge in [-0.05, 0) is 49.5 Å². The van der Waals surface area contributed by atoms with Crippen molar-refractivity contribution in [1.29, 1.82) is 0 Å². The molecule has 1 aromatic rings. The SMILES string of the molecule is O=C(C[C@H]1CCNC1)N1CCCN(Cc2cccc(F)c2)CC1. The predicted octanol–water partition coefficient (Wildman–Crippen LogP) is 1.86. The minimum atomic E-state index is -0.181. The van der Waals surface area contributed by atoms with Gasteiger partial charge in [0, 0.05) is 39.1 Å². The standard InChI is InChI=1S/C18H26FN3O/c19-17-4-1-3-16(11-17)14-21-7-2-8-22(10-9-21)18(23)12-15-5-6-20-13-15/h1,3-4,11,15,20H,2,5-10,12-14H2/t15-/m1/s1. The van der Waals surface area contributed by atoms with Crippen molar-refractivity contribution in [2.75, 3.05) is 39.3 Å². The van der Waals surface area contributed by atoms with E-state index in [4.69, 9.17) is 0 Å². The van der Waals surface area contributed by atoms with E-state index >= 15 is 0 Å². The van der Waals surface area contributed by atoms with Crippen LogP contribution in [0.25, 0.3) is 0 Å². The average molecular weight is 319 g/mol. The summed E-state index contributed by atoms with van der Waals surface area (Å²) in [6.07, 6.45) is 2.78. The molecule has 0 bridgehead atoms. The van der Waals surface area contributed by atoms with Gasteiger partial charge in [-0.3, -0.25) is 9.69 Å². The maximum absolute atomic E-state index is 13.3. The summed E-state index contributed by atoms with van der Waals surface area (Å²) in [5, 5.41) is 3.32. The Labute approximate surface area is 137 Å². The van der Waals surface area contributed by atoms with Crippen molar-refractivity contribution in [2.45, 2.75) is 25.8 Å². The third-order valence-electron chi connectivity index (χ3n) is 4.86. The number of halogens is 1. The number of hydrogen-bond donors (Lipinski definition) is 1. The van der Waals surface area contributed by atoms with Crippen LogP contribution in [-0.4, -0.2) is 55.0 Å². The van der Waals surface area contributed by atoms with Crippen molar-refractivity contribution in [3.8, 4) is 0 Å². The van der Waals surface area contributed by atoms with E-state index in [1.807, 2.05) is 11.0 Å². The van der Waals surface area contributed by atoms with Gasteiger partial charge in [-0.25, -0.2) is 4.39 Å². The Morgan fingerprint density at radius 1 is 1.26 bits per heavy atom. The Kier molecular flexibility index (Phi) is 5.62. The zero-order valence-corrected chi connectivity index (χ0v) is 13.6. The Hall–Kier alpha value is -1.46. The Bertz CT molecular complexity index is 531. The van der Waals surface area contributed by atoms with E-state index in [0.29, 0.717) is 18.2 Å². The fourth-order valence-corrected chi connectivity index (χ4v) is 3.54. The molecule has 2 aliphatic rings. The lowest BCUT2D eigenvalue weighted by molar-refractivity contribution is -0.131. The number of carbonyl (C=O) groups is 1. The van der Waals surface area contributed by atoms with E-state index < -0.39 is 0 Å². The Morgan fingerprint density at radius 2 is 2.17 bits per heavy atom. The maximum Gasteiger partial charge on any atom is 0.222 e. The van der Waals surface area contributed by atoms with Gasteiger partial charge < -0.3 is 10.2 Å². The normalized spacial score (nSPS) is 23.0. The molecule has 2 heterocycles. The van der Waals surface area contributed by atoms with Crippen molar-refractivity contribution < 1.29 is 9.18 Å². The first kappa shape index (κ1) is 16.4. The van der Waals surface area contributed by atoms with Gasteiger partial charge in [0.15, 0.2) is 0 Å². The van der Waals surface area contributed by atoms with Gasteiger partial charge in [0.05, 0.1) is 0 Å². The Morgan fingerprint density at radius 3 is 2.96 bits per heavy atom. The number of carbonyl (C=O) groups excluding carboxylic acids is 1. The van der Waals surface area contributed by atoms with E-state index in [9.17, 15) is 9.18 Å². The number of rotatable bonds is 4. The van der Waals surface area contributed by atoms with Gasteiger partial charge in [0.2, 0.25) is 5.91 Å². The first-order valence-electron chi connectivity index (χ1n) is 8.66. The first-order chi connectivity index (χ1) is 11.2. The quantitative estimate of drug-likeness (QED) is 0.920. The van der Waals surface area contributed by atoms with E-state index in [1.54, 1.807) is 12.1 Å². The van der Waals surface area contributed by atoms with E-state index in [2.05, 4.69) is 10.2 Å². The molecule has 3 rings (SSSR count). The summed E-state index contributed by atoms with van der Waals surface area (Å²) in [4.78, 5) is 16.8. The molecule has 126 valence electrons. The van der Waals surface area contributed by atoms with Crippen LogP contribution in [-0.2, 0) is 11.3 Å². The van der Waals surface area contributed by atoms with Crippen LogP contribution in [0.4, 0.5) is 4.39 Å². The molecule has 2 saturated heterocycles. The van der Waals surface area contributed by atoms with Gasteiger partial charge in [0.25, 0.3) is 0 Å². The van der Waals surface area contributed by atoms with Crippen molar-refractivity contribution in [2.24, 2.45) is 5.92 Å². The summed E-state index contributed by atoms with van der Waals surface area (Å²) in [5.41, 5.74) is 1.00. The summed E-state index contributed by atoms with van der Waals surface area (Å²) >= 11 is 0. The fraction of sp³-hybridized carbons (Fsp3) is 0.611. The molecule has 0 saturated carbocycles. The summed E-state index contributed by atoms with van der Waals surface area (Å²) in [6.45, 7) is 6.24. The van der Waals surface area contributed by atoms with Crippen LogP contribution in [0.5, 0.6) is 0 Å². The molecule has 23 heavy (non-hydrogen) atoms. The number of benzene rings is 1. The van der Waals surface area contributed by atoms with Crippen LogP contribution in [0.1, 0.15) is 24.8 Å². The smallest absolute Gasteiger partial charge is 0.222 e. The molecule has 0 radical (unpaired) electrons. The third kappa shape index (κ3) is 4.75. The zero-order chi connectivity index (χ0) is 16.1. The summed E-state index contributed by atoms with van der Waals surface area (Å²) in [7, 11) is 0.